The number of halogens is 2. The minimum absolute atomic E-state index is 0. The normalized spacial score (nSPS) is 9.83. The third-order valence-corrected chi connectivity index (χ3v) is 4.91. The smallest absolute Gasteiger partial charge is 0.545 e. The number of anilines is 1. The van der Waals surface area contributed by atoms with Gasteiger partial charge in [-0.05, 0) is 53.4 Å². The summed E-state index contributed by atoms with van der Waals surface area (Å²) in [6.07, 6.45) is 0.919. The maximum Gasteiger partial charge on any atom is 1.00 e. The second-order valence-electron chi connectivity index (χ2n) is 6.18. The summed E-state index contributed by atoms with van der Waals surface area (Å²) in [5.74, 6) is -1.92. The van der Waals surface area contributed by atoms with Gasteiger partial charge in [-0.2, -0.15) is 0 Å². The minimum Gasteiger partial charge on any atom is -0.545 e. The van der Waals surface area contributed by atoms with E-state index in [2.05, 4.69) is 12.2 Å². The predicted molar refractivity (Wildman–Crippen MR) is 117 cm³/mol. The Kier molecular flexibility index (Phi) is 9.68. The molecule has 0 fully saturated rings. The molecule has 3 aromatic rings. The maximum absolute atomic E-state index is 12.5. The van der Waals surface area contributed by atoms with Crippen molar-refractivity contribution in [3.05, 3.63) is 87.4 Å². The Balaban J connectivity index is 0.00000225. The third kappa shape index (κ3) is 5.90. The van der Waals surface area contributed by atoms with Crippen molar-refractivity contribution in [2.24, 2.45) is 0 Å². The van der Waals surface area contributed by atoms with Gasteiger partial charge in [-0.25, -0.2) is 0 Å². The van der Waals surface area contributed by atoms with Gasteiger partial charge in [0, 0.05) is 10.6 Å². The molecule has 30 heavy (non-hydrogen) atoms. The minimum atomic E-state index is -1.38. The van der Waals surface area contributed by atoms with E-state index in [1.165, 1.54) is 35.9 Å². The van der Waals surface area contributed by atoms with Crippen LogP contribution in [0.2, 0.25) is 10.0 Å². The van der Waals surface area contributed by atoms with E-state index in [0.717, 1.165) is 12.0 Å². The van der Waals surface area contributed by atoms with E-state index in [0.29, 0.717) is 10.6 Å². The molecule has 0 aliphatic rings. The Morgan fingerprint density at radius 2 is 1.53 bits per heavy atom. The number of nitrogens with one attached hydrogen (secondary N) is 1. The van der Waals surface area contributed by atoms with Crippen molar-refractivity contribution >= 4 is 40.8 Å². The van der Waals surface area contributed by atoms with Crippen LogP contribution in [0.4, 0.5) is 5.69 Å². The molecule has 1 N–H and O–H groups in total. The Bertz CT molecular complexity index is 1050. The Morgan fingerprint density at radius 1 is 0.900 bits per heavy atom. The van der Waals surface area contributed by atoms with E-state index >= 15 is 0 Å². The fourth-order valence-electron chi connectivity index (χ4n) is 2.80. The average molecular weight is 436 g/mol. The first-order valence-corrected chi connectivity index (χ1v) is 9.35. The van der Waals surface area contributed by atoms with Crippen LogP contribution in [0.25, 0.3) is 11.1 Å². The topological polar surface area (TPSA) is 69.2 Å². The number of rotatable bonds is 5. The monoisotopic (exact) mass is 435 g/mol. The van der Waals surface area contributed by atoms with Gasteiger partial charge in [0.1, 0.15) is 0 Å². The zero-order chi connectivity index (χ0) is 20.3. The van der Waals surface area contributed by atoms with Gasteiger partial charge in [-0.1, -0.05) is 67.9 Å². The molecule has 150 valence electrons. The van der Waals surface area contributed by atoms with Gasteiger partial charge in [0.15, 0.2) is 0 Å². The average Bonchev–Trinajstić information content (AvgIpc) is 2.68. The third-order valence-electron chi connectivity index (χ3n) is 4.36. The van der Waals surface area contributed by atoms with Crippen LogP contribution in [0.5, 0.6) is 0 Å². The molecule has 3 aromatic carbocycles. The Labute approximate surface area is 198 Å². The molecule has 0 bridgehead atoms. The van der Waals surface area contributed by atoms with Crippen LogP contribution in [0, 0.1) is 0 Å². The van der Waals surface area contributed by atoms with Gasteiger partial charge in [-0.3, -0.25) is 4.79 Å². The molecule has 7 heteroatoms. The number of carboxylic acids is 1. The van der Waals surface area contributed by atoms with E-state index in [9.17, 15) is 14.7 Å². The number of aryl methyl sites for hydroxylation is 1. The van der Waals surface area contributed by atoms with Gasteiger partial charge in [-0.15, -0.1) is 0 Å². The van der Waals surface area contributed by atoms with Crippen molar-refractivity contribution in [2.75, 3.05) is 5.32 Å². The van der Waals surface area contributed by atoms with Crippen LogP contribution in [-0.4, -0.2) is 11.9 Å². The first-order valence-electron chi connectivity index (χ1n) is 8.60. The van der Waals surface area contributed by atoms with Crippen molar-refractivity contribution in [1.29, 1.82) is 0 Å². The van der Waals surface area contributed by atoms with Gasteiger partial charge < -0.3 is 15.2 Å². The molecule has 0 saturated carbocycles. The van der Waals surface area contributed by atoms with E-state index in [1.54, 1.807) is 6.07 Å². The number of hydrogen-bond acceptors (Lipinski definition) is 3. The Hall–Kier alpha value is -2.22. The molecule has 0 unspecified atom stereocenters. The number of carbonyl (C=O) groups excluding carboxylic acids is 2. The van der Waals surface area contributed by atoms with Crippen molar-refractivity contribution in [3.8, 4) is 11.1 Å². The summed E-state index contributed by atoms with van der Waals surface area (Å²) in [5.41, 5.74) is 2.98. The van der Waals surface area contributed by atoms with Crippen molar-refractivity contribution in [2.45, 2.75) is 20.8 Å². The zero-order valence-corrected chi connectivity index (χ0v) is 17.5. The van der Waals surface area contributed by atoms with Crippen LogP contribution in [0.3, 0.4) is 0 Å². The molecule has 3 rings (SSSR count). The van der Waals surface area contributed by atoms with Crippen molar-refractivity contribution < 1.29 is 33.6 Å². The molecule has 0 atom stereocenters. The fourth-order valence-corrected chi connectivity index (χ4v) is 3.29. The number of amides is 1. The maximum atomic E-state index is 12.5. The summed E-state index contributed by atoms with van der Waals surface area (Å²) in [6.45, 7) is 2.06. The molecule has 0 spiro atoms. The number of benzene rings is 3. The van der Waals surface area contributed by atoms with Crippen molar-refractivity contribution in [1.82, 2.24) is 0 Å². The number of hydrogen-bond donors (Lipinski definition) is 1. The number of aromatic carboxylic acids is 1. The van der Waals surface area contributed by atoms with Crippen LogP contribution < -0.4 is 29.3 Å². The van der Waals surface area contributed by atoms with E-state index < -0.39 is 11.9 Å². The summed E-state index contributed by atoms with van der Waals surface area (Å²) >= 11 is 11.9. The number of carboxylic acid groups (broad SMARTS) is 1. The number of carbonyl (C=O) groups is 2. The molecule has 0 heterocycles. The predicted octanol–water partition coefficient (Wildman–Crippen LogP) is 2.48. The largest absolute Gasteiger partial charge is 1.00 e. The van der Waals surface area contributed by atoms with Gasteiger partial charge in [0.2, 0.25) is 0 Å². The standard InChI is InChI=1S/C22H17Cl2NO3.CH4.Li/c1-2-13-3-5-14(6-4-13)15-7-10-20(18(11-15)22(27)28)25-21(26)17-9-8-16(23)12-19(17)24;;/h3-12H,2H2,1H3,(H,25,26)(H,27,28);1H4;/q;;+1/p-1. The molecule has 1 amide bonds. The summed E-state index contributed by atoms with van der Waals surface area (Å²) in [4.78, 5) is 24.1. The van der Waals surface area contributed by atoms with Gasteiger partial charge in [0.05, 0.1) is 22.2 Å². The molecule has 0 saturated heterocycles. The molecule has 0 radical (unpaired) electrons. The molecular weight excluding hydrogens is 416 g/mol. The van der Waals surface area contributed by atoms with Crippen LogP contribution in [0.15, 0.2) is 60.7 Å². The van der Waals surface area contributed by atoms with Gasteiger partial charge in [0.25, 0.3) is 5.91 Å². The van der Waals surface area contributed by atoms with Crippen LogP contribution in [-0.2, 0) is 6.42 Å². The SMILES string of the molecule is C.CCc1ccc(-c2ccc(NC(=O)c3ccc(Cl)cc3Cl)c(C(=O)[O-])c2)cc1.[Li+]. The quantitative estimate of drug-likeness (QED) is 0.625. The van der Waals surface area contributed by atoms with E-state index in [1.807, 2.05) is 24.3 Å². The fraction of sp³-hybridized carbons (Fsp3) is 0.130. The van der Waals surface area contributed by atoms with E-state index in [4.69, 9.17) is 23.2 Å². The van der Waals surface area contributed by atoms with Crippen LogP contribution in [0.1, 0.15) is 40.6 Å². The first-order chi connectivity index (χ1) is 13.4. The summed E-state index contributed by atoms with van der Waals surface area (Å²) < 4.78 is 0. The van der Waals surface area contributed by atoms with Crippen molar-refractivity contribution in [3.63, 3.8) is 0 Å². The second kappa shape index (κ2) is 11.2. The molecule has 0 aliphatic carbocycles. The summed E-state index contributed by atoms with van der Waals surface area (Å²) in [6, 6.07) is 17.1. The summed E-state index contributed by atoms with van der Waals surface area (Å²) in [5, 5.41) is 14.8. The first kappa shape index (κ1) is 25.8. The Morgan fingerprint density at radius 3 is 2.10 bits per heavy atom. The van der Waals surface area contributed by atoms with Crippen LogP contribution >= 0.6 is 23.2 Å². The molecular formula is C23H20Cl2LiNO3. The molecule has 4 nitrogen and oxygen atoms in total. The summed E-state index contributed by atoms with van der Waals surface area (Å²) in [7, 11) is 0. The van der Waals surface area contributed by atoms with E-state index in [-0.39, 0.29) is 48.1 Å². The second-order valence-corrected chi connectivity index (χ2v) is 7.02. The molecule has 0 aromatic heterocycles. The van der Waals surface area contributed by atoms with Gasteiger partial charge >= 0.3 is 18.9 Å². The zero-order valence-electron chi connectivity index (χ0n) is 16.0. The molecule has 0 aliphatic heterocycles.